The Morgan fingerprint density at radius 3 is 2.58 bits per heavy atom. The predicted octanol–water partition coefficient (Wildman–Crippen LogP) is 1.90. The molecule has 1 N–H and O–H groups in total. The van der Waals surface area contributed by atoms with Crippen molar-refractivity contribution in [1.29, 1.82) is 0 Å². The van der Waals surface area contributed by atoms with Gasteiger partial charge in [-0.2, -0.15) is 0 Å². The number of carbonyl (C=O) groups is 3. The highest BCUT2D eigenvalue weighted by Gasteiger charge is 2.35. The molecule has 142 valence electrons. The van der Waals surface area contributed by atoms with Crippen molar-refractivity contribution >= 4 is 17.8 Å². The van der Waals surface area contributed by atoms with E-state index in [1.807, 2.05) is 6.92 Å². The molecule has 1 aromatic carbocycles. The van der Waals surface area contributed by atoms with Crippen molar-refractivity contribution in [3.8, 4) is 5.75 Å². The fraction of sp³-hybridized carbons (Fsp3) is 0.526. The van der Waals surface area contributed by atoms with E-state index >= 15 is 0 Å². The maximum Gasteiger partial charge on any atom is 0.341 e. The molecule has 2 amide bonds. The summed E-state index contributed by atoms with van der Waals surface area (Å²) in [6, 6.07) is 6.61. The van der Waals surface area contributed by atoms with Gasteiger partial charge in [0.2, 0.25) is 11.8 Å². The van der Waals surface area contributed by atoms with Gasteiger partial charge in [0.1, 0.15) is 11.8 Å². The van der Waals surface area contributed by atoms with Gasteiger partial charge in [-0.3, -0.25) is 9.59 Å². The van der Waals surface area contributed by atoms with E-state index in [9.17, 15) is 14.4 Å². The highest BCUT2D eigenvalue weighted by atomic mass is 16.5. The molecule has 1 atom stereocenters. The van der Waals surface area contributed by atoms with Crippen LogP contribution in [-0.2, 0) is 20.9 Å². The van der Waals surface area contributed by atoms with Gasteiger partial charge in [-0.1, -0.05) is 19.1 Å². The average Bonchev–Trinajstić information content (AvgIpc) is 3.10. The molecule has 1 saturated heterocycles. The zero-order valence-electron chi connectivity index (χ0n) is 15.3. The van der Waals surface area contributed by atoms with Gasteiger partial charge in [-0.25, -0.2) is 4.79 Å². The maximum atomic E-state index is 12.8. The van der Waals surface area contributed by atoms with Crippen molar-refractivity contribution in [2.75, 3.05) is 20.2 Å². The minimum atomic E-state index is -1.03. The Balaban J connectivity index is 1.93. The van der Waals surface area contributed by atoms with E-state index in [1.165, 1.54) is 0 Å². The summed E-state index contributed by atoms with van der Waals surface area (Å²) in [4.78, 5) is 38.8. The lowest BCUT2D eigenvalue weighted by atomic mass is 10.1. The third-order valence-corrected chi connectivity index (χ3v) is 4.40. The number of carboxylic acid groups (broad SMARTS) is 1. The molecule has 7 nitrogen and oxygen atoms in total. The Morgan fingerprint density at radius 2 is 1.96 bits per heavy atom. The van der Waals surface area contributed by atoms with Crippen LogP contribution in [0.25, 0.3) is 0 Å². The number of rotatable bonds is 8. The lowest BCUT2D eigenvalue weighted by Crippen LogP contribution is -2.46. The number of carboxylic acids is 1. The van der Waals surface area contributed by atoms with Crippen LogP contribution in [0.3, 0.4) is 0 Å². The van der Waals surface area contributed by atoms with Gasteiger partial charge in [0.25, 0.3) is 0 Å². The summed E-state index contributed by atoms with van der Waals surface area (Å²) < 4.78 is 5.10. The zero-order valence-corrected chi connectivity index (χ0v) is 15.3. The molecular weight excluding hydrogens is 336 g/mol. The maximum absolute atomic E-state index is 12.8. The Morgan fingerprint density at radius 1 is 1.27 bits per heavy atom. The standard InChI is InChI=1S/C19H26N2O5/c1-3-5-17(22)21-11-4-6-16(21)19(25)20(2)12-14-7-9-15(10-8-14)26-13-18(23)24/h7-10,16H,3-6,11-13H2,1-2H3,(H,23,24). The first-order valence-electron chi connectivity index (χ1n) is 8.90. The third kappa shape index (κ3) is 5.21. The third-order valence-electron chi connectivity index (χ3n) is 4.40. The van der Waals surface area contributed by atoms with Crippen molar-refractivity contribution in [2.24, 2.45) is 0 Å². The Kier molecular flexibility index (Phi) is 7.00. The van der Waals surface area contributed by atoms with Crippen molar-refractivity contribution in [2.45, 2.75) is 45.2 Å². The number of amides is 2. The first-order valence-corrected chi connectivity index (χ1v) is 8.90. The first kappa shape index (κ1) is 19.8. The molecule has 1 aromatic rings. The molecule has 0 bridgehead atoms. The summed E-state index contributed by atoms with van der Waals surface area (Å²) in [5.74, 6) is -0.551. The van der Waals surface area contributed by atoms with Gasteiger partial charge in [-0.05, 0) is 37.0 Å². The van der Waals surface area contributed by atoms with E-state index in [4.69, 9.17) is 9.84 Å². The second kappa shape index (κ2) is 9.22. The van der Waals surface area contributed by atoms with Crippen LogP contribution in [0.5, 0.6) is 5.75 Å². The van der Waals surface area contributed by atoms with Gasteiger partial charge in [0.15, 0.2) is 6.61 Å². The number of hydrogen-bond acceptors (Lipinski definition) is 4. The minimum absolute atomic E-state index is 0.0434. The van der Waals surface area contributed by atoms with Crippen LogP contribution >= 0.6 is 0 Å². The molecule has 0 radical (unpaired) electrons. The van der Waals surface area contributed by atoms with Gasteiger partial charge in [0, 0.05) is 26.6 Å². The summed E-state index contributed by atoms with van der Waals surface area (Å²) in [5, 5.41) is 8.61. The largest absolute Gasteiger partial charge is 0.482 e. The van der Waals surface area contributed by atoms with Crippen molar-refractivity contribution < 1.29 is 24.2 Å². The molecule has 0 aromatic heterocycles. The van der Waals surface area contributed by atoms with Crippen molar-refractivity contribution in [1.82, 2.24) is 9.80 Å². The Bertz CT molecular complexity index is 644. The summed E-state index contributed by atoms with van der Waals surface area (Å²) in [6.07, 6.45) is 2.82. The Hall–Kier alpha value is -2.57. The first-order chi connectivity index (χ1) is 12.4. The monoisotopic (exact) mass is 362 g/mol. The van der Waals surface area contributed by atoms with E-state index in [0.717, 1.165) is 18.4 Å². The summed E-state index contributed by atoms with van der Waals surface area (Å²) >= 11 is 0. The van der Waals surface area contributed by atoms with E-state index < -0.39 is 5.97 Å². The van der Waals surface area contributed by atoms with E-state index in [1.54, 1.807) is 41.1 Å². The second-order valence-corrected chi connectivity index (χ2v) is 6.52. The number of likely N-dealkylation sites (N-methyl/N-ethyl adjacent to an activating group) is 1. The van der Waals surface area contributed by atoms with Gasteiger partial charge in [0.05, 0.1) is 0 Å². The quantitative estimate of drug-likeness (QED) is 0.763. The fourth-order valence-corrected chi connectivity index (χ4v) is 3.12. The normalized spacial score (nSPS) is 16.4. The van der Waals surface area contributed by atoms with Crippen LogP contribution < -0.4 is 4.74 Å². The fourth-order valence-electron chi connectivity index (χ4n) is 3.12. The van der Waals surface area contributed by atoms with Crippen LogP contribution in [0.1, 0.15) is 38.2 Å². The minimum Gasteiger partial charge on any atom is -0.482 e. The van der Waals surface area contributed by atoms with Gasteiger partial charge in [-0.15, -0.1) is 0 Å². The molecule has 26 heavy (non-hydrogen) atoms. The van der Waals surface area contributed by atoms with Crippen LogP contribution in [0.4, 0.5) is 0 Å². The van der Waals surface area contributed by atoms with Gasteiger partial charge < -0.3 is 19.6 Å². The molecule has 0 saturated carbocycles. The number of aliphatic carboxylic acids is 1. The van der Waals surface area contributed by atoms with Crippen LogP contribution in [0.2, 0.25) is 0 Å². The van der Waals surface area contributed by atoms with Crippen molar-refractivity contribution in [3.05, 3.63) is 29.8 Å². The molecule has 2 rings (SSSR count). The highest BCUT2D eigenvalue weighted by Crippen LogP contribution is 2.21. The molecule has 1 fully saturated rings. The summed E-state index contributed by atoms with van der Waals surface area (Å²) in [6.45, 7) is 2.64. The number of carbonyl (C=O) groups excluding carboxylic acids is 2. The Labute approximate surface area is 153 Å². The highest BCUT2D eigenvalue weighted by molar-refractivity contribution is 5.88. The van der Waals surface area contributed by atoms with E-state index in [0.29, 0.717) is 31.7 Å². The SMILES string of the molecule is CCCC(=O)N1CCCC1C(=O)N(C)Cc1ccc(OCC(=O)O)cc1. The molecule has 1 unspecified atom stereocenters. The molecule has 1 heterocycles. The zero-order chi connectivity index (χ0) is 19.1. The summed E-state index contributed by atoms with van der Waals surface area (Å²) in [7, 11) is 1.73. The smallest absolute Gasteiger partial charge is 0.341 e. The lowest BCUT2D eigenvalue weighted by Gasteiger charge is -2.28. The molecular formula is C19H26N2O5. The molecule has 0 spiro atoms. The molecule has 1 aliphatic rings. The van der Waals surface area contributed by atoms with Crippen LogP contribution in [-0.4, -0.2) is 58.9 Å². The lowest BCUT2D eigenvalue weighted by molar-refractivity contribution is -0.143. The number of benzene rings is 1. The molecule has 0 aliphatic carbocycles. The van der Waals surface area contributed by atoms with Crippen molar-refractivity contribution in [3.63, 3.8) is 0 Å². The van der Waals surface area contributed by atoms with Crippen LogP contribution in [0, 0.1) is 0 Å². The van der Waals surface area contributed by atoms with E-state index in [2.05, 4.69) is 0 Å². The number of nitrogens with zero attached hydrogens (tertiary/aromatic N) is 2. The summed E-state index contributed by atoms with van der Waals surface area (Å²) in [5.41, 5.74) is 0.910. The second-order valence-electron chi connectivity index (χ2n) is 6.52. The number of likely N-dealkylation sites (tertiary alicyclic amines) is 1. The van der Waals surface area contributed by atoms with Crippen LogP contribution in [0.15, 0.2) is 24.3 Å². The molecule has 7 heteroatoms. The van der Waals surface area contributed by atoms with E-state index in [-0.39, 0.29) is 24.5 Å². The topological polar surface area (TPSA) is 87.2 Å². The van der Waals surface area contributed by atoms with Gasteiger partial charge >= 0.3 is 5.97 Å². The predicted molar refractivity (Wildman–Crippen MR) is 95.7 cm³/mol. The average molecular weight is 362 g/mol. The number of ether oxygens (including phenoxy) is 1. The molecule has 1 aliphatic heterocycles. The number of hydrogen-bond donors (Lipinski definition) is 1.